The predicted molar refractivity (Wildman–Crippen MR) is 80.4 cm³/mol. The van der Waals surface area contributed by atoms with Crippen molar-refractivity contribution in [3.63, 3.8) is 0 Å². The Morgan fingerprint density at radius 2 is 1.89 bits per heavy atom. The van der Waals surface area contributed by atoms with Crippen molar-refractivity contribution in [3.05, 3.63) is 39.8 Å². The summed E-state index contributed by atoms with van der Waals surface area (Å²) < 4.78 is 0. The maximum Gasteiger partial charge on any atom is 0.293 e. The van der Waals surface area contributed by atoms with E-state index < -0.39 is 0 Å². The fourth-order valence-electron chi connectivity index (χ4n) is 1.53. The lowest BCUT2D eigenvalue weighted by atomic mass is 10.2. The van der Waals surface area contributed by atoms with Crippen LogP contribution in [0.25, 0.3) is 6.08 Å². The van der Waals surface area contributed by atoms with Crippen LogP contribution in [0, 0.1) is 0 Å². The summed E-state index contributed by atoms with van der Waals surface area (Å²) in [5.41, 5.74) is 6.19. The summed E-state index contributed by atoms with van der Waals surface area (Å²) in [4.78, 5) is 25.1. The Bertz CT molecular complexity index is 517. The number of nitrogens with zero attached hydrogens (tertiary/aromatic N) is 1. The molecule has 0 saturated carbocycles. The van der Waals surface area contributed by atoms with E-state index in [0.717, 1.165) is 22.2 Å². The third-order valence-electron chi connectivity index (χ3n) is 2.39. The summed E-state index contributed by atoms with van der Waals surface area (Å²) in [5, 5.41) is 0.356. The van der Waals surface area contributed by atoms with Gasteiger partial charge in [-0.2, -0.15) is 0 Å². The first kappa shape index (κ1) is 16.0. The van der Waals surface area contributed by atoms with Crippen molar-refractivity contribution in [2.24, 2.45) is 5.73 Å². The molecule has 2 N–H and O–H groups in total. The molecule has 0 aromatic heterocycles. The van der Waals surface area contributed by atoms with Gasteiger partial charge in [0.15, 0.2) is 0 Å². The summed E-state index contributed by atoms with van der Waals surface area (Å²) in [5.74, 6) is -0.287. The SMILES string of the molecule is Cl.NCCN1C(=O)S/C(=C/c2ccc(Cl)cc2)C1=O. The second kappa shape index (κ2) is 6.96. The standard InChI is InChI=1S/C12H11ClN2O2S.ClH/c13-9-3-1-8(2-4-9)7-10-11(16)15(6-5-14)12(17)18-10;/h1-4,7H,5-6,14H2;1H/b10-7+;. The number of carbonyl (C=O) groups excluding carboxylic acids is 2. The molecule has 4 nitrogen and oxygen atoms in total. The molecule has 1 aromatic carbocycles. The van der Waals surface area contributed by atoms with Gasteiger partial charge < -0.3 is 5.73 Å². The summed E-state index contributed by atoms with van der Waals surface area (Å²) in [6.45, 7) is 0.523. The van der Waals surface area contributed by atoms with Crippen LogP contribution in [0.1, 0.15) is 5.56 Å². The van der Waals surface area contributed by atoms with Crippen molar-refractivity contribution in [2.45, 2.75) is 0 Å². The van der Waals surface area contributed by atoms with Gasteiger partial charge in [-0.3, -0.25) is 14.5 Å². The van der Waals surface area contributed by atoms with Crippen LogP contribution in [0.15, 0.2) is 29.2 Å². The number of hydrogen-bond donors (Lipinski definition) is 1. The van der Waals surface area contributed by atoms with Crippen molar-refractivity contribution < 1.29 is 9.59 Å². The molecule has 2 amide bonds. The van der Waals surface area contributed by atoms with Gasteiger partial charge in [-0.25, -0.2) is 0 Å². The van der Waals surface area contributed by atoms with Crippen molar-refractivity contribution in [1.82, 2.24) is 4.90 Å². The number of hydrogen-bond acceptors (Lipinski definition) is 4. The summed E-state index contributed by atoms with van der Waals surface area (Å²) in [6.07, 6.45) is 1.68. The third kappa shape index (κ3) is 3.73. The predicted octanol–water partition coefficient (Wildman–Crippen LogP) is 2.76. The van der Waals surface area contributed by atoms with Gasteiger partial charge in [0.05, 0.1) is 4.91 Å². The fourth-order valence-corrected chi connectivity index (χ4v) is 2.52. The van der Waals surface area contributed by atoms with E-state index in [1.165, 1.54) is 0 Å². The van der Waals surface area contributed by atoms with Crippen LogP contribution in [0.4, 0.5) is 4.79 Å². The van der Waals surface area contributed by atoms with E-state index in [9.17, 15) is 9.59 Å². The number of halogens is 2. The highest BCUT2D eigenvalue weighted by molar-refractivity contribution is 8.18. The molecule has 102 valence electrons. The molecule has 1 aromatic rings. The molecule has 0 spiro atoms. The second-order valence-electron chi connectivity index (χ2n) is 3.67. The first-order valence-electron chi connectivity index (χ1n) is 5.33. The Hall–Kier alpha value is -1.01. The van der Waals surface area contributed by atoms with E-state index in [1.54, 1.807) is 30.3 Å². The number of benzene rings is 1. The molecule has 0 aliphatic carbocycles. The van der Waals surface area contributed by atoms with E-state index in [-0.39, 0.29) is 36.6 Å². The van der Waals surface area contributed by atoms with Crippen LogP contribution in [0.2, 0.25) is 5.02 Å². The largest absolute Gasteiger partial charge is 0.329 e. The number of amides is 2. The van der Waals surface area contributed by atoms with E-state index >= 15 is 0 Å². The molecule has 0 bridgehead atoms. The summed E-state index contributed by atoms with van der Waals surface area (Å²) >= 11 is 6.71. The van der Waals surface area contributed by atoms with Crippen LogP contribution in [-0.2, 0) is 4.79 Å². The van der Waals surface area contributed by atoms with E-state index in [2.05, 4.69) is 0 Å². The highest BCUT2D eigenvalue weighted by atomic mass is 35.5. The van der Waals surface area contributed by atoms with Gasteiger partial charge in [-0.1, -0.05) is 23.7 Å². The summed E-state index contributed by atoms with van der Waals surface area (Å²) in [6, 6.07) is 7.05. The maximum atomic E-state index is 11.9. The van der Waals surface area contributed by atoms with Crippen LogP contribution < -0.4 is 5.73 Å². The fraction of sp³-hybridized carbons (Fsp3) is 0.167. The Balaban J connectivity index is 0.00000180. The Labute approximate surface area is 126 Å². The molecule has 1 aliphatic rings. The zero-order valence-corrected chi connectivity index (χ0v) is 12.2. The van der Waals surface area contributed by atoms with Gasteiger partial charge >= 0.3 is 0 Å². The van der Waals surface area contributed by atoms with Gasteiger partial charge in [0, 0.05) is 18.1 Å². The van der Waals surface area contributed by atoms with Crippen LogP contribution >= 0.6 is 35.8 Å². The van der Waals surface area contributed by atoms with Gasteiger partial charge in [-0.15, -0.1) is 12.4 Å². The van der Waals surface area contributed by atoms with Crippen LogP contribution in [0.3, 0.4) is 0 Å². The molecule has 7 heteroatoms. The Morgan fingerprint density at radius 1 is 1.26 bits per heavy atom. The minimum Gasteiger partial charge on any atom is -0.329 e. The van der Waals surface area contributed by atoms with Gasteiger partial charge in [0.1, 0.15) is 0 Å². The van der Waals surface area contributed by atoms with Gasteiger partial charge in [-0.05, 0) is 35.5 Å². The Kier molecular flexibility index (Phi) is 5.87. The molecule has 2 rings (SSSR count). The molecule has 1 aliphatic heterocycles. The van der Waals surface area contributed by atoms with Gasteiger partial charge in [0.2, 0.25) is 0 Å². The maximum absolute atomic E-state index is 11.9. The smallest absolute Gasteiger partial charge is 0.293 e. The first-order valence-corrected chi connectivity index (χ1v) is 6.52. The quantitative estimate of drug-likeness (QED) is 0.870. The molecule has 0 radical (unpaired) electrons. The van der Waals surface area contributed by atoms with Crippen LogP contribution in [0.5, 0.6) is 0 Å². The molecule has 1 fully saturated rings. The minimum atomic E-state index is -0.287. The molecule has 0 unspecified atom stereocenters. The highest BCUT2D eigenvalue weighted by Crippen LogP contribution is 2.31. The number of carbonyl (C=O) groups is 2. The van der Waals surface area contributed by atoms with E-state index in [1.807, 2.05) is 0 Å². The number of thioether (sulfide) groups is 1. The van der Waals surface area contributed by atoms with Crippen molar-refractivity contribution in [3.8, 4) is 0 Å². The lowest BCUT2D eigenvalue weighted by molar-refractivity contribution is -0.122. The van der Waals surface area contributed by atoms with Crippen LogP contribution in [-0.4, -0.2) is 29.1 Å². The molecular formula is C12H12Cl2N2O2S. The molecule has 0 atom stereocenters. The van der Waals surface area contributed by atoms with Crippen molar-refractivity contribution >= 4 is 53.0 Å². The monoisotopic (exact) mass is 318 g/mol. The zero-order valence-electron chi connectivity index (χ0n) is 9.84. The number of nitrogens with two attached hydrogens (primary N) is 1. The third-order valence-corrected chi connectivity index (χ3v) is 3.55. The summed E-state index contributed by atoms with van der Waals surface area (Å²) in [7, 11) is 0. The van der Waals surface area contributed by atoms with Gasteiger partial charge in [0.25, 0.3) is 11.1 Å². The van der Waals surface area contributed by atoms with E-state index in [0.29, 0.717) is 9.93 Å². The second-order valence-corrected chi connectivity index (χ2v) is 5.10. The lowest BCUT2D eigenvalue weighted by Crippen LogP contribution is -2.33. The minimum absolute atomic E-state index is 0. The van der Waals surface area contributed by atoms with Crippen molar-refractivity contribution in [2.75, 3.05) is 13.1 Å². The number of imide groups is 1. The number of rotatable bonds is 3. The normalized spacial score (nSPS) is 16.9. The average Bonchev–Trinajstić information content (AvgIpc) is 2.60. The molecular weight excluding hydrogens is 307 g/mol. The van der Waals surface area contributed by atoms with E-state index in [4.69, 9.17) is 17.3 Å². The molecule has 19 heavy (non-hydrogen) atoms. The Morgan fingerprint density at radius 3 is 2.47 bits per heavy atom. The molecule has 1 saturated heterocycles. The first-order chi connectivity index (χ1) is 8.61. The zero-order chi connectivity index (χ0) is 13.1. The lowest BCUT2D eigenvalue weighted by Gasteiger charge is -2.09. The molecule has 1 heterocycles. The average molecular weight is 319 g/mol. The topological polar surface area (TPSA) is 63.4 Å². The highest BCUT2D eigenvalue weighted by Gasteiger charge is 2.34. The van der Waals surface area contributed by atoms with Crippen molar-refractivity contribution in [1.29, 1.82) is 0 Å².